The smallest absolute Gasteiger partial charge is 0.118 e. The Hall–Kier alpha value is -0.160. The summed E-state index contributed by atoms with van der Waals surface area (Å²) in [6.45, 7) is 1.59. The molecule has 2 N–H and O–H groups in total. The minimum atomic E-state index is 0. The molecule has 0 saturated heterocycles. The van der Waals surface area contributed by atoms with Crippen LogP contribution in [0.1, 0.15) is 11.5 Å². The second-order valence-electron chi connectivity index (χ2n) is 3.45. The Morgan fingerprint density at radius 3 is 2.60 bits per heavy atom. The van der Waals surface area contributed by atoms with Crippen LogP contribution >= 0.6 is 24.2 Å². The summed E-state index contributed by atoms with van der Waals surface area (Å²) < 4.78 is 5.64. The molecule has 0 aromatic carbocycles. The van der Waals surface area contributed by atoms with Crippen molar-refractivity contribution in [1.29, 1.82) is 0 Å². The van der Waals surface area contributed by atoms with Crippen LogP contribution in [0.4, 0.5) is 0 Å². The van der Waals surface area contributed by atoms with E-state index in [1.807, 2.05) is 26.2 Å². The maximum atomic E-state index is 5.64. The SMILES string of the molecule is CN(C)Cc1ccc(CSCCN)o1.Cl. The lowest BCUT2D eigenvalue weighted by Crippen LogP contribution is -2.09. The third-order valence-corrected chi connectivity index (χ3v) is 2.71. The van der Waals surface area contributed by atoms with E-state index in [-0.39, 0.29) is 12.4 Å². The molecular formula is C10H19ClN2OS. The molecule has 0 aliphatic heterocycles. The van der Waals surface area contributed by atoms with E-state index in [1.165, 1.54) is 0 Å². The fraction of sp³-hybridized carbons (Fsp3) is 0.600. The van der Waals surface area contributed by atoms with Gasteiger partial charge in [0.1, 0.15) is 11.5 Å². The summed E-state index contributed by atoms with van der Waals surface area (Å²) in [6, 6.07) is 4.08. The largest absolute Gasteiger partial charge is 0.464 e. The van der Waals surface area contributed by atoms with Crippen molar-refractivity contribution in [3.05, 3.63) is 23.7 Å². The highest BCUT2D eigenvalue weighted by molar-refractivity contribution is 7.98. The van der Waals surface area contributed by atoms with Gasteiger partial charge in [-0.15, -0.1) is 12.4 Å². The van der Waals surface area contributed by atoms with Crippen LogP contribution in [-0.2, 0) is 12.3 Å². The number of hydrogen-bond donors (Lipinski definition) is 1. The van der Waals surface area contributed by atoms with Crippen molar-refractivity contribution in [2.75, 3.05) is 26.4 Å². The van der Waals surface area contributed by atoms with E-state index in [1.54, 1.807) is 11.8 Å². The molecule has 5 heteroatoms. The monoisotopic (exact) mass is 250 g/mol. The summed E-state index contributed by atoms with van der Waals surface area (Å²) in [7, 11) is 4.07. The summed E-state index contributed by atoms with van der Waals surface area (Å²) in [6.07, 6.45) is 0. The van der Waals surface area contributed by atoms with Gasteiger partial charge < -0.3 is 15.1 Å². The van der Waals surface area contributed by atoms with E-state index in [9.17, 15) is 0 Å². The van der Waals surface area contributed by atoms with Gasteiger partial charge in [-0.3, -0.25) is 0 Å². The first-order chi connectivity index (χ1) is 6.72. The molecule has 0 aliphatic carbocycles. The van der Waals surface area contributed by atoms with Crippen LogP contribution in [0.15, 0.2) is 16.5 Å². The van der Waals surface area contributed by atoms with Crippen molar-refractivity contribution < 1.29 is 4.42 Å². The molecule has 0 spiro atoms. The lowest BCUT2D eigenvalue weighted by molar-refractivity contribution is 0.344. The molecule has 0 saturated carbocycles. The number of furan rings is 1. The molecule has 0 radical (unpaired) electrons. The average Bonchev–Trinajstić information content (AvgIpc) is 2.52. The highest BCUT2D eigenvalue weighted by Gasteiger charge is 2.02. The van der Waals surface area contributed by atoms with Gasteiger partial charge in [0.2, 0.25) is 0 Å². The van der Waals surface area contributed by atoms with Crippen LogP contribution in [0.3, 0.4) is 0 Å². The first-order valence-corrected chi connectivity index (χ1v) is 5.88. The van der Waals surface area contributed by atoms with Crippen LogP contribution in [0.2, 0.25) is 0 Å². The fourth-order valence-corrected chi connectivity index (χ4v) is 1.82. The fourth-order valence-electron chi connectivity index (χ4n) is 1.15. The van der Waals surface area contributed by atoms with E-state index < -0.39 is 0 Å². The highest BCUT2D eigenvalue weighted by atomic mass is 35.5. The normalized spacial score (nSPS) is 10.4. The van der Waals surface area contributed by atoms with Gasteiger partial charge in [-0.05, 0) is 26.2 Å². The summed E-state index contributed by atoms with van der Waals surface area (Å²) >= 11 is 1.81. The number of nitrogens with zero attached hydrogens (tertiary/aromatic N) is 1. The molecule has 0 atom stereocenters. The lowest BCUT2D eigenvalue weighted by atomic mass is 10.4. The molecule has 1 rings (SSSR count). The van der Waals surface area contributed by atoms with Gasteiger partial charge in [0, 0.05) is 12.3 Å². The molecule has 0 bridgehead atoms. The predicted molar refractivity (Wildman–Crippen MR) is 68.6 cm³/mol. The van der Waals surface area contributed by atoms with Crippen molar-refractivity contribution in [1.82, 2.24) is 4.90 Å². The Kier molecular flexibility index (Phi) is 7.96. The van der Waals surface area contributed by atoms with Crippen molar-refractivity contribution in [2.45, 2.75) is 12.3 Å². The zero-order chi connectivity index (χ0) is 10.4. The number of thioether (sulfide) groups is 1. The first-order valence-electron chi connectivity index (χ1n) is 4.72. The molecule has 0 amide bonds. The van der Waals surface area contributed by atoms with E-state index >= 15 is 0 Å². The molecule has 1 heterocycles. The summed E-state index contributed by atoms with van der Waals surface area (Å²) in [5.41, 5.74) is 5.41. The van der Waals surface area contributed by atoms with E-state index in [0.29, 0.717) is 0 Å². The molecular weight excluding hydrogens is 232 g/mol. The van der Waals surface area contributed by atoms with Gasteiger partial charge in [0.15, 0.2) is 0 Å². The highest BCUT2D eigenvalue weighted by Crippen LogP contribution is 2.15. The third-order valence-electron chi connectivity index (χ3n) is 1.70. The van der Waals surface area contributed by atoms with Crippen LogP contribution in [0.25, 0.3) is 0 Å². The number of rotatable bonds is 6. The number of hydrogen-bond acceptors (Lipinski definition) is 4. The Balaban J connectivity index is 0.00000196. The molecule has 1 aromatic rings. The predicted octanol–water partition coefficient (Wildman–Crippen LogP) is 1.95. The van der Waals surface area contributed by atoms with Gasteiger partial charge >= 0.3 is 0 Å². The molecule has 88 valence electrons. The molecule has 15 heavy (non-hydrogen) atoms. The van der Waals surface area contributed by atoms with Crippen molar-refractivity contribution in [3.8, 4) is 0 Å². The summed E-state index contributed by atoms with van der Waals surface area (Å²) in [5, 5.41) is 0. The van der Waals surface area contributed by atoms with Crippen LogP contribution in [0.5, 0.6) is 0 Å². The molecule has 0 aliphatic rings. The Labute approximate surface area is 102 Å². The quantitative estimate of drug-likeness (QED) is 0.784. The second-order valence-corrected chi connectivity index (χ2v) is 4.55. The maximum absolute atomic E-state index is 5.64. The van der Waals surface area contributed by atoms with Crippen LogP contribution in [0, 0.1) is 0 Å². The summed E-state index contributed by atoms with van der Waals surface area (Å²) in [4.78, 5) is 2.09. The molecule has 0 fully saturated rings. The van der Waals surface area contributed by atoms with E-state index in [0.717, 1.165) is 36.1 Å². The number of nitrogens with two attached hydrogens (primary N) is 1. The van der Waals surface area contributed by atoms with Crippen LogP contribution in [-0.4, -0.2) is 31.3 Å². The van der Waals surface area contributed by atoms with Gasteiger partial charge in [0.05, 0.1) is 12.3 Å². The van der Waals surface area contributed by atoms with Crippen molar-refractivity contribution in [2.24, 2.45) is 5.73 Å². The Morgan fingerprint density at radius 1 is 1.33 bits per heavy atom. The van der Waals surface area contributed by atoms with Crippen molar-refractivity contribution in [3.63, 3.8) is 0 Å². The number of halogens is 1. The topological polar surface area (TPSA) is 42.4 Å². The molecule has 3 nitrogen and oxygen atoms in total. The minimum Gasteiger partial charge on any atom is -0.464 e. The van der Waals surface area contributed by atoms with E-state index in [2.05, 4.69) is 4.90 Å². The zero-order valence-electron chi connectivity index (χ0n) is 9.23. The van der Waals surface area contributed by atoms with Gasteiger partial charge in [0.25, 0.3) is 0 Å². The molecule has 1 aromatic heterocycles. The van der Waals surface area contributed by atoms with Crippen LogP contribution < -0.4 is 5.73 Å². The van der Waals surface area contributed by atoms with Crippen molar-refractivity contribution >= 4 is 24.2 Å². The summed E-state index contributed by atoms with van der Waals surface area (Å²) in [5.74, 6) is 3.98. The van der Waals surface area contributed by atoms with Gasteiger partial charge in [-0.2, -0.15) is 11.8 Å². The molecule has 0 unspecified atom stereocenters. The average molecular weight is 251 g/mol. The standard InChI is InChI=1S/C10H18N2OS.ClH/c1-12(2)7-9-3-4-10(13-9)8-14-6-5-11;/h3-4H,5-8,11H2,1-2H3;1H. The lowest BCUT2D eigenvalue weighted by Gasteiger charge is -2.05. The minimum absolute atomic E-state index is 0. The van der Waals surface area contributed by atoms with E-state index in [4.69, 9.17) is 10.2 Å². The Bertz CT molecular complexity index is 266. The van der Waals surface area contributed by atoms with Gasteiger partial charge in [-0.25, -0.2) is 0 Å². The second kappa shape index (κ2) is 8.05. The zero-order valence-corrected chi connectivity index (χ0v) is 10.9. The Morgan fingerprint density at radius 2 is 2.00 bits per heavy atom. The van der Waals surface area contributed by atoms with Gasteiger partial charge in [-0.1, -0.05) is 0 Å². The first kappa shape index (κ1) is 14.8. The maximum Gasteiger partial charge on any atom is 0.118 e. The third kappa shape index (κ3) is 6.10.